The summed E-state index contributed by atoms with van der Waals surface area (Å²) < 4.78 is 22.3. The van der Waals surface area contributed by atoms with Crippen LogP contribution in [0.4, 0.5) is 0 Å². The van der Waals surface area contributed by atoms with E-state index in [-0.39, 0.29) is 11.7 Å². The Labute approximate surface area is 131 Å². The third-order valence-corrected chi connectivity index (χ3v) is 5.12. The second-order valence-electron chi connectivity index (χ2n) is 6.52. The topological polar surface area (TPSA) is 40.2 Å². The van der Waals surface area contributed by atoms with Crippen molar-refractivity contribution >= 4 is 0 Å². The smallest absolute Gasteiger partial charge is 0.231 e. The van der Waals surface area contributed by atoms with E-state index in [4.69, 9.17) is 18.9 Å². The maximum absolute atomic E-state index is 6.06. The monoisotopic (exact) mass is 305 g/mol. The summed E-state index contributed by atoms with van der Waals surface area (Å²) in [6.07, 6.45) is 3.51. The van der Waals surface area contributed by atoms with E-state index in [9.17, 15) is 0 Å². The number of fused-ring (bicyclic) bond motifs is 1. The number of hydrogen-bond donors (Lipinski definition) is 0. The molecule has 4 rings (SSSR count). The Balaban J connectivity index is 1.34. The van der Waals surface area contributed by atoms with Crippen LogP contribution >= 0.6 is 0 Å². The van der Waals surface area contributed by atoms with Gasteiger partial charge in [-0.3, -0.25) is 4.90 Å². The fraction of sp³-hybridized carbons (Fsp3) is 0.647. The van der Waals surface area contributed by atoms with Crippen molar-refractivity contribution in [1.82, 2.24) is 4.90 Å². The first-order valence-electron chi connectivity index (χ1n) is 8.04. The van der Waals surface area contributed by atoms with E-state index in [0.717, 1.165) is 57.0 Å². The van der Waals surface area contributed by atoms with Crippen molar-refractivity contribution in [1.29, 1.82) is 0 Å². The molecule has 0 amide bonds. The van der Waals surface area contributed by atoms with Gasteiger partial charge in [-0.25, -0.2) is 0 Å². The normalized spacial score (nSPS) is 26.7. The van der Waals surface area contributed by atoms with Gasteiger partial charge in [-0.15, -0.1) is 0 Å². The van der Waals surface area contributed by atoms with Crippen molar-refractivity contribution in [2.75, 3.05) is 33.6 Å². The first-order valence-corrected chi connectivity index (χ1v) is 8.04. The third-order valence-electron chi connectivity index (χ3n) is 5.12. The molecule has 0 unspecified atom stereocenters. The summed E-state index contributed by atoms with van der Waals surface area (Å²) in [5.41, 5.74) is 1.34. The summed E-state index contributed by atoms with van der Waals surface area (Å²) >= 11 is 0. The molecule has 0 aliphatic carbocycles. The van der Waals surface area contributed by atoms with Crippen LogP contribution in [0, 0.1) is 0 Å². The molecule has 3 heterocycles. The maximum atomic E-state index is 6.06. The highest BCUT2D eigenvalue weighted by Crippen LogP contribution is 2.38. The SMILES string of the molecule is CO[C@H]1COC2(CCN(Cc3ccc4c(c3)OCO4)CC2)C1. The van der Waals surface area contributed by atoms with Crippen LogP contribution in [0.1, 0.15) is 24.8 Å². The lowest BCUT2D eigenvalue weighted by Gasteiger charge is -2.38. The molecule has 3 aliphatic rings. The number of methoxy groups -OCH3 is 1. The molecule has 1 aromatic rings. The number of benzene rings is 1. The lowest BCUT2D eigenvalue weighted by molar-refractivity contribution is -0.0460. The van der Waals surface area contributed by atoms with Crippen molar-refractivity contribution in [2.24, 2.45) is 0 Å². The molecule has 2 fully saturated rings. The van der Waals surface area contributed by atoms with Gasteiger partial charge in [0.25, 0.3) is 0 Å². The molecule has 1 aromatic carbocycles. The van der Waals surface area contributed by atoms with E-state index in [0.29, 0.717) is 6.79 Å². The molecule has 2 saturated heterocycles. The lowest BCUT2D eigenvalue weighted by Crippen LogP contribution is -2.43. The van der Waals surface area contributed by atoms with E-state index in [1.807, 2.05) is 6.07 Å². The number of likely N-dealkylation sites (tertiary alicyclic amines) is 1. The predicted octanol–water partition coefficient (Wildman–Crippen LogP) is 2.19. The fourth-order valence-electron chi connectivity index (χ4n) is 3.72. The standard InChI is InChI=1S/C17H23NO4/c1-19-14-9-17(22-11-14)4-6-18(7-5-17)10-13-2-3-15-16(8-13)21-12-20-15/h2-3,8,14H,4-7,9-12H2,1H3/t14-/m1/s1. The maximum Gasteiger partial charge on any atom is 0.231 e. The Morgan fingerprint density at radius 1 is 1.23 bits per heavy atom. The van der Waals surface area contributed by atoms with Gasteiger partial charge in [0, 0.05) is 33.2 Å². The summed E-state index contributed by atoms with van der Waals surface area (Å²) in [5, 5.41) is 0. The van der Waals surface area contributed by atoms with Gasteiger partial charge in [-0.2, -0.15) is 0 Å². The molecule has 5 heteroatoms. The number of hydrogen-bond acceptors (Lipinski definition) is 5. The molecule has 3 aliphatic heterocycles. The Kier molecular flexibility index (Phi) is 3.72. The van der Waals surface area contributed by atoms with Crippen LogP contribution in [0.3, 0.4) is 0 Å². The zero-order valence-corrected chi connectivity index (χ0v) is 13.0. The van der Waals surface area contributed by atoms with Crippen LogP contribution in [-0.4, -0.2) is 50.2 Å². The van der Waals surface area contributed by atoms with E-state index in [1.54, 1.807) is 7.11 Å². The fourth-order valence-corrected chi connectivity index (χ4v) is 3.72. The highest BCUT2D eigenvalue weighted by molar-refractivity contribution is 5.44. The molecule has 0 aromatic heterocycles. The predicted molar refractivity (Wildman–Crippen MR) is 81.2 cm³/mol. The molecule has 0 N–H and O–H groups in total. The van der Waals surface area contributed by atoms with Crippen molar-refractivity contribution in [3.8, 4) is 11.5 Å². The minimum Gasteiger partial charge on any atom is -0.454 e. The first-order chi connectivity index (χ1) is 10.8. The van der Waals surface area contributed by atoms with Crippen LogP contribution in [0.25, 0.3) is 0 Å². The van der Waals surface area contributed by atoms with Crippen molar-refractivity contribution in [3.63, 3.8) is 0 Å². The molecule has 0 radical (unpaired) electrons. The minimum absolute atomic E-state index is 0.0616. The minimum atomic E-state index is 0.0616. The van der Waals surface area contributed by atoms with Gasteiger partial charge in [-0.1, -0.05) is 6.07 Å². The number of rotatable bonds is 3. The number of nitrogens with zero attached hydrogens (tertiary/aromatic N) is 1. The Hall–Kier alpha value is -1.30. The average Bonchev–Trinajstić information content (AvgIpc) is 3.16. The molecule has 1 spiro atoms. The van der Waals surface area contributed by atoms with Gasteiger partial charge in [0.2, 0.25) is 6.79 Å². The van der Waals surface area contributed by atoms with Crippen LogP contribution in [0.15, 0.2) is 18.2 Å². The molecular weight excluding hydrogens is 282 g/mol. The molecule has 1 atom stereocenters. The molecule has 0 saturated carbocycles. The Morgan fingerprint density at radius 3 is 2.82 bits per heavy atom. The summed E-state index contributed by atoms with van der Waals surface area (Å²) in [4.78, 5) is 2.49. The van der Waals surface area contributed by atoms with Crippen molar-refractivity contribution in [3.05, 3.63) is 23.8 Å². The van der Waals surface area contributed by atoms with E-state index >= 15 is 0 Å². The summed E-state index contributed by atoms with van der Waals surface area (Å²) in [5.74, 6) is 1.72. The Morgan fingerprint density at radius 2 is 2.05 bits per heavy atom. The van der Waals surface area contributed by atoms with Crippen LogP contribution < -0.4 is 9.47 Å². The highest BCUT2D eigenvalue weighted by Gasteiger charge is 2.42. The lowest BCUT2D eigenvalue weighted by atomic mass is 9.88. The molecule has 0 bridgehead atoms. The zero-order chi connectivity index (χ0) is 15.0. The molecule has 120 valence electrons. The van der Waals surface area contributed by atoms with Gasteiger partial charge in [0.1, 0.15) is 0 Å². The summed E-state index contributed by atoms with van der Waals surface area (Å²) in [7, 11) is 1.78. The van der Waals surface area contributed by atoms with Gasteiger partial charge < -0.3 is 18.9 Å². The number of ether oxygens (including phenoxy) is 4. The van der Waals surface area contributed by atoms with Crippen molar-refractivity contribution < 1.29 is 18.9 Å². The molecule has 22 heavy (non-hydrogen) atoms. The highest BCUT2D eigenvalue weighted by atomic mass is 16.7. The van der Waals surface area contributed by atoms with Crippen molar-refractivity contribution in [2.45, 2.75) is 37.5 Å². The van der Waals surface area contributed by atoms with Crippen LogP contribution in [0.5, 0.6) is 11.5 Å². The second kappa shape index (κ2) is 5.72. The molecule has 5 nitrogen and oxygen atoms in total. The second-order valence-corrected chi connectivity index (χ2v) is 6.52. The number of piperidine rings is 1. The van der Waals surface area contributed by atoms with Gasteiger partial charge in [0.15, 0.2) is 11.5 Å². The molecular formula is C17H23NO4. The quantitative estimate of drug-likeness (QED) is 0.856. The van der Waals surface area contributed by atoms with Gasteiger partial charge in [0.05, 0.1) is 18.3 Å². The van der Waals surface area contributed by atoms with E-state index in [1.165, 1.54) is 5.56 Å². The van der Waals surface area contributed by atoms with Crippen LogP contribution in [0.2, 0.25) is 0 Å². The zero-order valence-electron chi connectivity index (χ0n) is 13.0. The summed E-state index contributed by atoms with van der Waals surface area (Å²) in [6.45, 7) is 4.19. The average molecular weight is 305 g/mol. The van der Waals surface area contributed by atoms with E-state index in [2.05, 4.69) is 17.0 Å². The van der Waals surface area contributed by atoms with Gasteiger partial charge in [-0.05, 0) is 30.5 Å². The van der Waals surface area contributed by atoms with Gasteiger partial charge >= 0.3 is 0 Å². The first kappa shape index (κ1) is 14.3. The van der Waals surface area contributed by atoms with E-state index < -0.39 is 0 Å². The Bertz CT molecular complexity index is 539. The summed E-state index contributed by atoms with van der Waals surface area (Å²) in [6, 6.07) is 6.23. The largest absolute Gasteiger partial charge is 0.454 e. The third kappa shape index (κ3) is 2.69. The van der Waals surface area contributed by atoms with Crippen LogP contribution in [-0.2, 0) is 16.0 Å².